The molecule has 4 rings (SSSR count). The molecule has 0 atom stereocenters. The zero-order valence-corrected chi connectivity index (χ0v) is 16.7. The molecule has 0 bridgehead atoms. The molecule has 0 saturated heterocycles. The Morgan fingerprint density at radius 3 is 2.71 bits per heavy atom. The lowest BCUT2D eigenvalue weighted by Gasteiger charge is -2.12. The van der Waals surface area contributed by atoms with Gasteiger partial charge in [-0.05, 0) is 50.4 Å². The minimum absolute atomic E-state index is 0.00277. The normalized spacial score (nSPS) is 11.8. The first-order valence-corrected chi connectivity index (χ1v) is 9.38. The molecule has 0 fully saturated rings. The van der Waals surface area contributed by atoms with Crippen LogP contribution in [0.25, 0.3) is 10.8 Å². The standard InChI is InChI=1S/C22H20N6O3/c1-29-19-11-14(12-25-26-21(23)20-22(24)28-31-27-20)9-10-18(19)30-13-16-7-4-6-15-5-2-3-8-17(15)16/h2-12H,13H2,1H3,(H2,23,26)(H2,24,28). The quantitative estimate of drug-likeness (QED) is 0.268. The summed E-state index contributed by atoms with van der Waals surface area (Å²) in [4.78, 5) is 0. The van der Waals surface area contributed by atoms with Gasteiger partial charge in [-0.1, -0.05) is 42.5 Å². The second-order valence-electron chi connectivity index (χ2n) is 6.57. The molecule has 0 radical (unpaired) electrons. The number of amidine groups is 1. The predicted molar refractivity (Wildman–Crippen MR) is 118 cm³/mol. The summed E-state index contributed by atoms with van der Waals surface area (Å²) in [5.41, 5.74) is 13.3. The summed E-state index contributed by atoms with van der Waals surface area (Å²) in [6.45, 7) is 0.416. The minimum Gasteiger partial charge on any atom is -0.493 e. The fraction of sp³-hybridized carbons (Fsp3) is 0.0909. The first-order chi connectivity index (χ1) is 15.2. The summed E-state index contributed by atoms with van der Waals surface area (Å²) in [5.74, 6) is 1.24. The molecule has 9 nitrogen and oxygen atoms in total. The number of ether oxygens (including phenoxy) is 2. The van der Waals surface area contributed by atoms with Crippen LogP contribution in [-0.2, 0) is 6.61 Å². The van der Waals surface area contributed by atoms with E-state index in [1.54, 1.807) is 13.2 Å². The largest absolute Gasteiger partial charge is 0.493 e. The van der Waals surface area contributed by atoms with Crippen LogP contribution in [0, 0.1) is 0 Å². The van der Waals surface area contributed by atoms with Crippen molar-refractivity contribution in [1.82, 2.24) is 10.3 Å². The summed E-state index contributed by atoms with van der Waals surface area (Å²) < 4.78 is 16.0. The van der Waals surface area contributed by atoms with Gasteiger partial charge in [0.05, 0.1) is 13.3 Å². The topological polar surface area (TPSA) is 134 Å². The number of benzene rings is 3. The molecular formula is C22H20N6O3. The highest BCUT2D eigenvalue weighted by molar-refractivity contribution is 5.99. The first-order valence-electron chi connectivity index (χ1n) is 9.38. The van der Waals surface area contributed by atoms with Crippen molar-refractivity contribution in [3.8, 4) is 11.5 Å². The van der Waals surface area contributed by atoms with Gasteiger partial charge in [-0.2, -0.15) is 5.10 Å². The van der Waals surface area contributed by atoms with E-state index in [2.05, 4.69) is 49.4 Å². The SMILES string of the molecule is COc1cc(C=N/N=C(/N)c2nonc2N)ccc1OCc1cccc2ccccc12. The highest BCUT2D eigenvalue weighted by atomic mass is 16.6. The smallest absolute Gasteiger partial charge is 0.199 e. The van der Waals surface area contributed by atoms with Crippen LogP contribution in [0.5, 0.6) is 11.5 Å². The molecule has 0 saturated carbocycles. The Labute approximate surface area is 177 Å². The zero-order chi connectivity index (χ0) is 21.6. The Bertz CT molecular complexity index is 1260. The van der Waals surface area contributed by atoms with Crippen molar-refractivity contribution in [2.75, 3.05) is 12.8 Å². The second-order valence-corrected chi connectivity index (χ2v) is 6.57. The third kappa shape index (κ3) is 4.45. The number of hydrogen-bond donors (Lipinski definition) is 2. The molecule has 156 valence electrons. The van der Waals surface area contributed by atoms with Gasteiger partial charge in [0.2, 0.25) is 0 Å². The van der Waals surface area contributed by atoms with Crippen molar-refractivity contribution in [2.45, 2.75) is 6.61 Å². The molecule has 4 aromatic rings. The van der Waals surface area contributed by atoms with E-state index in [-0.39, 0.29) is 17.3 Å². The van der Waals surface area contributed by atoms with Crippen molar-refractivity contribution in [2.24, 2.45) is 15.9 Å². The van der Waals surface area contributed by atoms with E-state index in [1.165, 1.54) is 11.6 Å². The van der Waals surface area contributed by atoms with Crippen LogP contribution in [0.1, 0.15) is 16.8 Å². The van der Waals surface area contributed by atoms with E-state index in [1.807, 2.05) is 30.3 Å². The molecule has 1 heterocycles. The molecule has 3 aromatic carbocycles. The van der Waals surface area contributed by atoms with E-state index in [4.69, 9.17) is 20.9 Å². The number of nitrogens with zero attached hydrogens (tertiary/aromatic N) is 4. The van der Waals surface area contributed by atoms with Gasteiger partial charge in [0.1, 0.15) is 6.61 Å². The van der Waals surface area contributed by atoms with Crippen molar-refractivity contribution in [3.63, 3.8) is 0 Å². The Morgan fingerprint density at radius 2 is 1.90 bits per heavy atom. The van der Waals surface area contributed by atoms with Gasteiger partial charge in [-0.15, -0.1) is 5.10 Å². The summed E-state index contributed by atoms with van der Waals surface area (Å²) in [6.07, 6.45) is 1.52. The van der Waals surface area contributed by atoms with Crippen LogP contribution in [0.2, 0.25) is 0 Å². The Morgan fingerprint density at radius 1 is 1.06 bits per heavy atom. The van der Waals surface area contributed by atoms with Gasteiger partial charge in [-0.25, -0.2) is 4.63 Å². The van der Waals surface area contributed by atoms with Crippen LogP contribution in [0.15, 0.2) is 75.5 Å². The Balaban J connectivity index is 1.48. The maximum atomic E-state index is 6.03. The van der Waals surface area contributed by atoms with Crippen LogP contribution >= 0.6 is 0 Å². The first kappa shape index (κ1) is 19.9. The number of hydrogen-bond acceptors (Lipinski definition) is 8. The van der Waals surface area contributed by atoms with E-state index in [9.17, 15) is 0 Å². The maximum absolute atomic E-state index is 6.03. The fourth-order valence-electron chi connectivity index (χ4n) is 3.04. The van der Waals surface area contributed by atoms with Gasteiger partial charge < -0.3 is 20.9 Å². The number of nitrogens with two attached hydrogens (primary N) is 2. The molecule has 0 unspecified atom stereocenters. The molecule has 0 amide bonds. The summed E-state index contributed by atoms with van der Waals surface area (Å²) >= 11 is 0. The molecule has 1 aromatic heterocycles. The predicted octanol–water partition coefficient (Wildman–Crippen LogP) is 3.13. The number of methoxy groups -OCH3 is 1. The zero-order valence-electron chi connectivity index (χ0n) is 16.7. The molecule has 4 N–H and O–H groups in total. The maximum Gasteiger partial charge on any atom is 0.199 e. The third-order valence-electron chi connectivity index (χ3n) is 4.58. The van der Waals surface area contributed by atoms with E-state index in [0.29, 0.717) is 18.1 Å². The van der Waals surface area contributed by atoms with Gasteiger partial charge in [0.25, 0.3) is 0 Å². The molecular weight excluding hydrogens is 396 g/mol. The number of fused-ring (bicyclic) bond motifs is 1. The van der Waals surface area contributed by atoms with Gasteiger partial charge in [0.15, 0.2) is 28.8 Å². The highest BCUT2D eigenvalue weighted by Crippen LogP contribution is 2.29. The summed E-state index contributed by atoms with van der Waals surface area (Å²) in [7, 11) is 1.58. The molecule has 0 aliphatic carbocycles. The summed E-state index contributed by atoms with van der Waals surface area (Å²) in [5, 5.41) is 17.1. The van der Waals surface area contributed by atoms with Crippen LogP contribution in [0.4, 0.5) is 5.82 Å². The van der Waals surface area contributed by atoms with Gasteiger partial charge >= 0.3 is 0 Å². The van der Waals surface area contributed by atoms with Crippen molar-refractivity contribution >= 4 is 28.6 Å². The van der Waals surface area contributed by atoms with Crippen LogP contribution in [-0.4, -0.2) is 29.5 Å². The van der Waals surface area contributed by atoms with Crippen LogP contribution < -0.4 is 20.9 Å². The lowest BCUT2D eigenvalue weighted by molar-refractivity contribution is 0.285. The van der Waals surface area contributed by atoms with E-state index >= 15 is 0 Å². The number of rotatable bonds is 7. The number of nitrogen functional groups attached to an aromatic ring is 1. The van der Waals surface area contributed by atoms with E-state index < -0.39 is 0 Å². The fourth-order valence-corrected chi connectivity index (χ4v) is 3.04. The van der Waals surface area contributed by atoms with Gasteiger partial charge in [0, 0.05) is 0 Å². The van der Waals surface area contributed by atoms with Gasteiger partial charge in [-0.3, -0.25) is 0 Å². The molecule has 0 aliphatic heterocycles. The molecule has 0 aliphatic rings. The minimum atomic E-state index is -0.00277. The van der Waals surface area contributed by atoms with Crippen molar-refractivity contribution in [1.29, 1.82) is 0 Å². The Kier molecular flexibility index (Phi) is 5.75. The molecule has 0 spiro atoms. The van der Waals surface area contributed by atoms with Crippen molar-refractivity contribution < 1.29 is 14.1 Å². The third-order valence-corrected chi connectivity index (χ3v) is 4.58. The lowest BCUT2D eigenvalue weighted by atomic mass is 10.1. The number of anilines is 1. The van der Waals surface area contributed by atoms with E-state index in [0.717, 1.165) is 16.5 Å². The average molecular weight is 416 g/mol. The molecule has 31 heavy (non-hydrogen) atoms. The molecule has 9 heteroatoms. The number of aromatic nitrogens is 2. The van der Waals surface area contributed by atoms with Crippen LogP contribution in [0.3, 0.4) is 0 Å². The average Bonchev–Trinajstić information content (AvgIpc) is 3.24. The highest BCUT2D eigenvalue weighted by Gasteiger charge is 2.10. The van der Waals surface area contributed by atoms with Crippen molar-refractivity contribution in [3.05, 3.63) is 77.5 Å². The Hall–Kier alpha value is -4.40. The lowest BCUT2D eigenvalue weighted by Crippen LogP contribution is -2.15. The monoisotopic (exact) mass is 416 g/mol. The second kappa shape index (κ2) is 8.95. The summed E-state index contributed by atoms with van der Waals surface area (Å²) in [6, 6.07) is 19.8.